The molecule has 1 heterocycles. The standard InChI is InChI=1S/C24H34ClN3O4/c1-16(2)28(24(31)23(30)27-17-9-4-3-5-10-17)21(19-12-6-7-13-20(19)25)22(29)26-15-18-11-8-14-32-18/h6-7,12-13,16-18,21H,3-5,8-11,14-15H2,1-2H3,(H,26,29)(H,27,30)/t18-,21+/m1/s1. The predicted molar refractivity (Wildman–Crippen MR) is 123 cm³/mol. The van der Waals surface area contributed by atoms with Gasteiger partial charge in [-0.05, 0) is 45.6 Å². The molecule has 2 fully saturated rings. The normalized spacial score (nSPS) is 20.1. The third kappa shape index (κ3) is 6.23. The summed E-state index contributed by atoms with van der Waals surface area (Å²) in [6.07, 6.45) is 6.79. The van der Waals surface area contributed by atoms with E-state index >= 15 is 0 Å². The van der Waals surface area contributed by atoms with E-state index in [1.165, 1.54) is 4.90 Å². The molecule has 1 aromatic carbocycles. The van der Waals surface area contributed by atoms with Crippen LogP contribution in [0.15, 0.2) is 24.3 Å². The molecule has 32 heavy (non-hydrogen) atoms. The Balaban J connectivity index is 1.83. The lowest BCUT2D eigenvalue weighted by Gasteiger charge is -2.35. The Morgan fingerprint density at radius 3 is 2.44 bits per heavy atom. The van der Waals surface area contributed by atoms with Gasteiger partial charge in [0.25, 0.3) is 0 Å². The third-order valence-corrected chi connectivity index (χ3v) is 6.52. The fourth-order valence-electron chi connectivity index (χ4n) is 4.49. The monoisotopic (exact) mass is 463 g/mol. The number of rotatable bonds is 7. The summed E-state index contributed by atoms with van der Waals surface area (Å²) >= 11 is 6.44. The van der Waals surface area contributed by atoms with E-state index in [9.17, 15) is 14.4 Å². The number of carbonyl (C=O) groups is 3. The van der Waals surface area contributed by atoms with Crippen molar-refractivity contribution in [1.82, 2.24) is 15.5 Å². The molecular formula is C24H34ClN3O4. The van der Waals surface area contributed by atoms with Crippen molar-refractivity contribution in [1.29, 1.82) is 0 Å². The minimum Gasteiger partial charge on any atom is -0.376 e. The van der Waals surface area contributed by atoms with Gasteiger partial charge in [0, 0.05) is 35.8 Å². The van der Waals surface area contributed by atoms with E-state index in [2.05, 4.69) is 10.6 Å². The van der Waals surface area contributed by atoms with Gasteiger partial charge in [-0.15, -0.1) is 0 Å². The fourth-order valence-corrected chi connectivity index (χ4v) is 4.73. The summed E-state index contributed by atoms with van der Waals surface area (Å²) in [7, 11) is 0. The van der Waals surface area contributed by atoms with Crippen molar-refractivity contribution in [3.8, 4) is 0 Å². The number of ether oxygens (including phenoxy) is 1. The van der Waals surface area contributed by atoms with Crippen molar-refractivity contribution < 1.29 is 19.1 Å². The zero-order valence-corrected chi connectivity index (χ0v) is 19.7. The van der Waals surface area contributed by atoms with Crippen molar-refractivity contribution in [2.75, 3.05) is 13.2 Å². The number of nitrogens with zero attached hydrogens (tertiary/aromatic N) is 1. The minimum absolute atomic E-state index is 0.00122. The van der Waals surface area contributed by atoms with Crippen LogP contribution in [0.1, 0.15) is 70.4 Å². The molecule has 1 saturated heterocycles. The Bertz CT molecular complexity index is 804. The van der Waals surface area contributed by atoms with Crippen molar-refractivity contribution >= 4 is 29.3 Å². The lowest BCUT2D eigenvalue weighted by atomic mass is 9.95. The van der Waals surface area contributed by atoms with Crippen LogP contribution in [0, 0.1) is 0 Å². The first-order valence-electron chi connectivity index (χ1n) is 11.7. The minimum atomic E-state index is -1.02. The van der Waals surface area contributed by atoms with Crippen LogP contribution in [0.4, 0.5) is 0 Å². The van der Waals surface area contributed by atoms with Gasteiger partial charge >= 0.3 is 11.8 Å². The molecule has 1 aliphatic heterocycles. The van der Waals surface area contributed by atoms with Gasteiger partial charge < -0.3 is 20.3 Å². The maximum atomic E-state index is 13.4. The van der Waals surface area contributed by atoms with Gasteiger partial charge in [-0.25, -0.2) is 0 Å². The zero-order valence-electron chi connectivity index (χ0n) is 18.9. The van der Waals surface area contributed by atoms with Crippen molar-refractivity contribution in [3.63, 3.8) is 0 Å². The maximum Gasteiger partial charge on any atom is 0.313 e. The third-order valence-electron chi connectivity index (χ3n) is 6.18. The molecule has 7 nitrogen and oxygen atoms in total. The van der Waals surface area contributed by atoms with Gasteiger partial charge in [0.15, 0.2) is 0 Å². The molecule has 2 N–H and O–H groups in total. The highest BCUT2D eigenvalue weighted by Gasteiger charge is 2.38. The second kappa shape index (κ2) is 11.7. The quantitative estimate of drug-likeness (QED) is 0.607. The first-order chi connectivity index (χ1) is 15.4. The van der Waals surface area contributed by atoms with Crippen LogP contribution in [0.25, 0.3) is 0 Å². The first kappa shape index (κ1) is 24.5. The Labute approximate surface area is 195 Å². The number of halogens is 1. The number of nitrogens with one attached hydrogen (secondary N) is 2. The van der Waals surface area contributed by atoms with E-state index < -0.39 is 23.9 Å². The summed E-state index contributed by atoms with van der Waals surface area (Å²) in [6.45, 7) is 4.63. The molecule has 176 valence electrons. The Hall–Kier alpha value is -2.12. The van der Waals surface area contributed by atoms with Gasteiger partial charge in [-0.1, -0.05) is 49.1 Å². The molecule has 0 unspecified atom stereocenters. The average molecular weight is 464 g/mol. The van der Waals surface area contributed by atoms with Gasteiger partial charge in [0.2, 0.25) is 5.91 Å². The fraction of sp³-hybridized carbons (Fsp3) is 0.625. The number of hydrogen-bond acceptors (Lipinski definition) is 4. The Morgan fingerprint density at radius 1 is 1.09 bits per heavy atom. The summed E-state index contributed by atoms with van der Waals surface area (Å²) < 4.78 is 5.61. The number of amides is 3. The average Bonchev–Trinajstić information content (AvgIpc) is 3.30. The van der Waals surface area contributed by atoms with Crippen molar-refractivity contribution in [2.45, 2.75) is 83.0 Å². The second-order valence-corrected chi connectivity index (χ2v) is 9.33. The Kier molecular flexibility index (Phi) is 8.93. The molecule has 2 aliphatic rings. The summed E-state index contributed by atoms with van der Waals surface area (Å²) in [6, 6.07) is 5.53. The van der Waals surface area contributed by atoms with E-state index in [1.807, 2.05) is 0 Å². The molecule has 3 rings (SSSR count). The summed E-state index contributed by atoms with van der Waals surface area (Å²) in [4.78, 5) is 40.9. The largest absolute Gasteiger partial charge is 0.376 e. The smallest absolute Gasteiger partial charge is 0.313 e. The number of carbonyl (C=O) groups excluding carboxylic acids is 3. The van der Waals surface area contributed by atoms with E-state index in [1.54, 1.807) is 38.1 Å². The molecule has 0 aromatic heterocycles. The van der Waals surface area contributed by atoms with Crippen LogP contribution in [-0.4, -0.2) is 54.0 Å². The van der Waals surface area contributed by atoms with E-state index in [0.717, 1.165) is 44.9 Å². The number of hydrogen-bond donors (Lipinski definition) is 2. The van der Waals surface area contributed by atoms with Gasteiger partial charge in [-0.3, -0.25) is 14.4 Å². The van der Waals surface area contributed by atoms with Crippen LogP contribution in [0.2, 0.25) is 5.02 Å². The topological polar surface area (TPSA) is 87.7 Å². The molecular weight excluding hydrogens is 430 g/mol. The zero-order chi connectivity index (χ0) is 23.1. The molecule has 1 aliphatic carbocycles. The molecule has 1 aromatic rings. The first-order valence-corrected chi connectivity index (χ1v) is 12.0. The maximum absolute atomic E-state index is 13.4. The molecule has 2 atom stereocenters. The van der Waals surface area contributed by atoms with Crippen LogP contribution in [0.3, 0.4) is 0 Å². The molecule has 0 spiro atoms. The summed E-state index contributed by atoms with van der Waals surface area (Å²) in [5.74, 6) is -1.77. The van der Waals surface area contributed by atoms with Crippen LogP contribution in [0.5, 0.6) is 0 Å². The van der Waals surface area contributed by atoms with Crippen LogP contribution < -0.4 is 10.6 Å². The Morgan fingerprint density at radius 2 is 1.81 bits per heavy atom. The van der Waals surface area contributed by atoms with Gasteiger partial charge in [0.1, 0.15) is 6.04 Å². The van der Waals surface area contributed by atoms with E-state index in [-0.39, 0.29) is 18.1 Å². The molecule has 3 amide bonds. The second-order valence-electron chi connectivity index (χ2n) is 8.92. The lowest BCUT2D eigenvalue weighted by molar-refractivity contribution is -0.152. The molecule has 0 radical (unpaired) electrons. The predicted octanol–water partition coefficient (Wildman–Crippen LogP) is 3.36. The lowest BCUT2D eigenvalue weighted by Crippen LogP contribution is -2.53. The van der Waals surface area contributed by atoms with Crippen molar-refractivity contribution in [3.05, 3.63) is 34.9 Å². The van der Waals surface area contributed by atoms with E-state index in [4.69, 9.17) is 16.3 Å². The van der Waals surface area contributed by atoms with Gasteiger partial charge in [0.05, 0.1) is 6.10 Å². The highest BCUT2D eigenvalue weighted by Crippen LogP contribution is 2.30. The highest BCUT2D eigenvalue weighted by atomic mass is 35.5. The molecule has 0 bridgehead atoms. The molecule has 8 heteroatoms. The van der Waals surface area contributed by atoms with Crippen LogP contribution in [-0.2, 0) is 19.1 Å². The van der Waals surface area contributed by atoms with E-state index in [0.29, 0.717) is 23.7 Å². The van der Waals surface area contributed by atoms with Crippen LogP contribution >= 0.6 is 11.6 Å². The van der Waals surface area contributed by atoms with Gasteiger partial charge in [-0.2, -0.15) is 0 Å². The summed E-state index contributed by atoms with van der Waals surface area (Å²) in [5.41, 5.74) is 0.492. The number of benzene rings is 1. The van der Waals surface area contributed by atoms with Crippen molar-refractivity contribution in [2.24, 2.45) is 0 Å². The highest BCUT2D eigenvalue weighted by molar-refractivity contribution is 6.36. The SMILES string of the molecule is CC(C)N(C(=O)C(=O)NC1CCCCC1)[C@H](C(=O)NC[C@H]1CCCO1)c1ccccc1Cl. The molecule has 1 saturated carbocycles. The summed E-state index contributed by atoms with van der Waals surface area (Å²) in [5, 5.41) is 6.16.